The molecule has 0 aromatic rings. The maximum atomic E-state index is 3.47. The maximum absolute atomic E-state index is 3.47. The topological polar surface area (TPSA) is 15.3 Å². The fraction of sp³-hybridized carbons (Fsp3) is 1.00. The van der Waals surface area contributed by atoms with E-state index in [4.69, 9.17) is 0 Å². The SMILES string of the molecule is CC1(N2CC3(CC3)C2)CCNC1. The van der Waals surface area contributed by atoms with Gasteiger partial charge in [0.05, 0.1) is 0 Å². The smallest absolute Gasteiger partial charge is 0.0318 e. The highest BCUT2D eigenvalue weighted by Gasteiger charge is 2.56. The van der Waals surface area contributed by atoms with E-state index in [2.05, 4.69) is 17.1 Å². The molecule has 2 aliphatic heterocycles. The summed E-state index contributed by atoms with van der Waals surface area (Å²) in [5.41, 5.74) is 1.33. The second-order valence-electron chi connectivity index (χ2n) is 5.28. The third-order valence-electron chi connectivity index (χ3n) is 4.12. The van der Waals surface area contributed by atoms with Crippen LogP contribution >= 0.6 is 0 Å². The molecule has 0 amide bonds. The van der Waals surface area contributed by atoms with E-state index < -0.39 is 0 Å². The summed E-state index contributed by atoms with van der Waals surface area (Å²) in [4.78, 5) is 2.69. The van der Waals surface area contributed by atoms with Crippen molar-refractivity contribution in [1.82, 2.24) is 10.2 Å². The molecule has 2 heteroatoms. The Morgan fingerprint density at radius 2 is 1.92 bits per heavy atom. The molecular weight excluding hydrogens is 148 g/mol. The average Bonchev–Trinajstić information content (AvgIpc) is 2.68. The van der Waals surface area contributed by atoms with Gasteiger partial charge in [0.15, 0.2) is 0 Å². The van der Waals surface area contributed by atoms with E-state index in [1.165, 1.54) is 45.4 Å². The largest absolute Gasteiger partial charge is 0.315 e. The summed E-state index contributed by atoms with van der Waals surface area (Å²) >= 11 is 0. The van der Waals surface area contributed by atoms with Gasteiger partial charge in [0.2, 0.25) is 0 Å². The van der Waals surface area contributed by atoms with Gasteiger partial charge >= 0.3 is 0 Å². The van der Waals surface area contributed by atoms with E-state index in [0.717, 1.165) is 5.41 Å². The van der Waals surface area contributed by atoms with Crippen molar-refractivity contribution in [3.8, 4) is 0 Å². The molecule has 1 unspecified atom stereocenters. The fourth-order valence-corrected chi connectivity index (χ4v) is 2.71. The monoisotopic (exact) mass is 166 g/mol. The first kappa shape index (κ1) is 7.34. The average molecular weight is 166 g/mol. The van der Waals surface area contributed by atoms with Crippen LogP contribution in [-0.4, -0.2) is 36.6 Å². The van der Waals surface area contributed by atoms with Crippen LogP contribution in [0.4, 0.5) is 0 Å². The van der Waals surface area contributed by atoms with Gasteiger partial charge in [-0.1, -0.05) is 0 Å². The van der Waals surface area contributed by atoms with Crippen molar-refractivity contribution in [2.75, 3.05) is 26.2 Å². The minimum atomic E-state index is 0.508. The van der Waals surface area contributed by atoms with Crippen molar-refractivity contribution in [3.63, 3.8) is 0 Å². The van der Waals surface area contributed by atoms with Gasteiger partial charge in [-0.3, -0.25) is 4.90 Å². The van der Waals surface area contributed by atoms with Gasteiger partial charge in [0, 0.05) is 25.2 Å². The van der Waals surface area contributed by atoms with Crippen molar-refractivity contribution in [3.05, 3.63) is 0 Å². The molecule has 1 saturated carbocycles. The van der Waals surface area contributed by atoms with E-state index in [9.17, 15) is 0 Å². The fourth-order valence-electron chi connectivity index (χ4n) is 2.71. The van der Waals surface area contributed by atoms with Gasteiger partial charge in [0.1, 0.15) is 0 Å². The molecule has 68 valence electrons. The zero-order valence-corrected chi connectivity index (χ0v) is 7.90. The number of nitrogens with one attached hydrogen (secondary N) is 1. The molecule has 0 bridgehead atoms. The Morgan fingerprint density at radius 3 is 2.42 bits per heavy atom. The summed E-state index contributed by atoms with van der Waals surface area (Å²) < 4.78 is 0. The summed E-state index contributed by atoms with van der Waals surface area (Å²) in [6.45, 7) is 7.64. The molecule has 0 aromatic heterocycles. The second-order valence-corrected chi connectivity index (χ2v) is 5.28. The lowest BCUT2D eigenvalue weighted by Gasteiger charge is -2.50. The molecule has 1 N–H and O–H groups in total. The second kappa shape index (κ2) is 2.05. The van der Waals surface area contributed by atoms with E-state index in [-0.39, 0.29) is 0 Å². The van der Waals surface area contributed by atoms with Crippen molar-refractivity contribution < 1.29 is 0 Å². The molecular formula is C10H18N2. The predicted molar refractivity (Wildman–Crippen MR) is 49.1 cm³/mol. The van der Waals surface area contributed by atoms with Gasteiger partial charge in [-0.15, -0.1) is 0 Å². The van der Waals surface area contributed by atoms with Crippen molar-refractivity contribution in [1.29, 1.82) is 0 Å². The molecule has 2 saturated heterocycles. The summed E-state index contributed by atoms with van der Waals surface area (Å²) in [7, 11) is 0. The molecule has 0 radical (unpaired) electrons. The van der Waals surface area contributed by atoms with Gasteiger partial charge in [0.25, 0.3) is 0 Å². The first-order valence-electron chi connectivity index (χ1n) is 5.18. The van der Waals surface area contributed by atoms with Gasteiger partial charge in [-0.2, -0.15) is 0 Å². The molecule has 3 rings (SSSR count). The van der Waals surface area contributed by atoms with E-state index in [1.807, 2.05) is 0 Å². The highest BCUT2D eigenvalue weighted by molar-refractivity contribution is 5.11. The third-order valence-corrected chi connectivity index (χ3v) is 4.12. The number of nitrogens with zero attached hydrogens (tertiary/aromatic N) is 1. The van der Waals surface area contributed by atoms with Crippen LogP contribution in [0.1, 0.15) is 26.2 Å². The molecule has 2 heterocycles. The lowest BCUT2D eigenvalue weighted by molar-refractivity contribution is -0.00930. The van der Waals surface area contributed by atoms with Crippen LogP contribution in [0.5, 0.6) is 0 Å². The van der Waals surface area contributed by atoms with Crippen LogP contribution in [0.3, 0.4) is 0 Å². The van der Waals surface area contributed by atoms with Crippen LogP contribution in [-0.2, 0) is 0 Å². The molecule has 12 heavy (non-hydrogen) atoms. The van der Waals surface area contributed by atoms with E-state index in [1.54, 1.807) is 0 Å². The van der Waals surface area contributed by atoms with Gasteiger partial charge in [-0.05, 0) is 38.1 Å². The van der Waals surface area contributed by atoms with E-state index >= 15 is 0 Å². The van der Waals surface area contributed by atoms with Gasteiger partial charge in [-0.25, -0.2) is 0 Å². The zero-order chi connectivity index (χ0) is 8.23. The first-order valence-corrected chi connectivity index (χ1v) is 5.18. The lowest BCUT2D eigenvalue weighted by atomic mass is 9.87. The Morgan fingerprint density at radius 1 is 1.17 bits per heavy atom. The molecule has 1 aliphatic carbocycles. The molecule has 2 nitrogen and oxygen atoms in total. The molecule has 0 aromatic carbocycles. The molecule has 1 atom stereocenters. The first-order chi connectivity index (χ1) is 5.73. The number of rotatable bonds is 1. The number of hydrogen-bond donors (Lipinski definition) is 1. The van der Waals surface area contributed by atoms with Crippen LogP contribution in [0.25, 0.3) is 0 Å². The Labute approximate surface area is 74.3 Å². The highest BCUT2D eigenvalue weighted by Crippen LogP contribution is 2.55. The summed E-state index contributed by atoms with van der Waals surface area (Å²) in [5.74, 6) is 0. The predicted octanol–water partition coefficient (Wildman–Crippen LogP) is 0.834. The lowest BCUT2D eigenvalue weighted by Crippen LogP contribution is -2.60. The molecule has 3 aliphatic rings. The third kappa shape index (κ3) is 0.882. The summed E-state index contributed by atoms with van der Waals surface area (Å²) in [5, 5.41) is 3.47. The van der Waals surface area contributed by atoms with Crippen LogP contribution < -0.4 is 5.32 Å². The summed E-state index contributed by atoms with van der Waals surface area (Å²) in [6.07, 6.45) is 4.36. The Bertz CT molecular complexity index is 194. The molecule has 3 fully saturated rings. The highest BCUT2D eigenvalue weighted by atomic mass is 15.3. The van der Waals surface area contributed by atoms with Crippen molar-refractivity contribution >= 4 is 0 Å². The quantitative estimate of drug-likeness (QED) is 0.621. The minimum absolute atomic E-state index is 0.508. The van der Waals surface area contributed by atoms with Crippen LogP contribution in [0.2, 0.25) is 0 Å². The normalized spacial score (nSPS) is 44.8. The van der Waals surface area contributed by atoms with Crippen LogP contribution in [0, 0.1) is 5.41 Å². The standard InChI is InChI=1S/C10H18N2/c1-9(4-5-11-6-9)12-7-10(8-12)2-3-10/h11H,2-8H2,1H3. The van der Waals surface area contributed by atoms with Gasteiger partial charge < -0.3 is 5.32 Å². The summed E-state index contributed by atoms with van der Waals surface area (Å²) in [6, 6.07) is 0. The zero-order valence-electron chi connectivity index (χ0n) is 7.90. The number of likely N-dealkylation sites (tertiary alicyclic amines) is 1. The number of hydrogen-bond acceptors (Lipinski definition) is 2. The van der Waals surface area contributed by atoms with Crippen molar-refractivity contribution in [2.24, 2.45) is 5.41 Å². The Kier molecular flexibility index (Phi) is 1.25. The molecule has 1 spiro atoms. The Balaban J connectivity index is 1.66. The Hall–Kier alpha value is -0.0800. The minimum Gasteiger partial charge on any atom is -0.315 e. The maximum Gasteiger partial charge on any atom is 0.0318 e. The van der Waals surface area contributed by atoms with Crippen molar-refractivity contribution in [2.45, 2.75) is 31.7 Å². The van der Waals surface area contributed by atoms with Crippen LogP contribution in [0.15, 0.2) is 0 Å². The van der Waals surface area contributed by atoms with E-state index in [0.29, 0.717) is 5.54 Å².